The van der Waals surface area contributed by atoms with Crippen LogP contribution in [-0.4, -0.2) is 25.2 Å². The normalized spacial score (nSPS) is 18.3. The maximum absolute atomic E-state index is 11.4. The average Bonchev–Trinajstić information content (AvgIpc) is 2.29. The second-order valence-electron chi connectivity index (χ2n) is 3.24. The van der Waals surface area contributed by atoms with Crippen molar-refractivity contribution in [1.29, 1.82) is 0 Å². The molecule has 1 atom stereocenters. The lowest BCUT2D eigenvalue weighted by molar-refractivity contribution is -0.150. The van der Waals surface area contributed by atoms with Gasteiger partial charge in [0.1, 0.15) is 5.75 Å². The fourth-order valence-electron chi connectivity index (χ4n) is 1.48. The molecule has 4 heteroatoms. The molecule has 0 aromatic heterocycles. The van der Waals surface area contributed by atoms with Crippen molar-refractivity contribution in [3.63, 3.8) is 0 Å². The highest BCUT2D eigenvalue weighted by atomic mass is 16.6. The number of hydrogen-bond donors (Lipinski definition) is 1. The number of nitrogens with one attached hydrogen (secondary N) is 1. The topological polar surface area (TPSA) is 47.6 Å². The van der Waals surface area contributed by atoms with Gasteiger partial charge in [-0.3, -0.25) is 0 Å². The fourth-order valence-corrected chi connectivity index (χ4v) is 1.48. The Balaban J connectivity index is 2.08. The van der Waals surface area contributed by atoms with Crippen LogP contribution in [0.2, 0.25) is 0 Å². The van der Waals surface area contributed by atoms with Gasteiger partial charge in [0, 0.05) is 0 Å². The van der Waals surface area contributed by atoms with Gasteiger partial charge in [0.2, 0.25) is 6.10 Å². The van der Waals surface area contributed by atoms with Crippen molar-refractivity contribution in [1.82, 2.24) is 0 Å². The van der Waals surface area contributed by atoms with E-state index in [9.17, 15) is 4.79 Å². The molecule has 4 nitrogen and oxygen atoms in total. The van der Waals surface area contributed by atoms with Crippen molar-refractivity contribution >= 4 is 11.7 Å². The van der Waals surface area contributed by atoms with Crippen LogP contribution in [0.4, 0.5) is 5.69 Å². The largest absolute Gasteiger partial charge is 0.475 e. The molecule has 1 N–H and O–H groups in total. The Kier molecular flexibility index (Phi) is 2.76. The number of fused-ring (bicyclic) bond motifs is 1. The van der Waals surface area contributed by atoms with E-state index in [-0.39, 0.29) is 5.97 Å². The van der Waals surface area contributed by atoms with E-state index in [1.165, 1.54) is 0 Å². The maximum Gasteiger partial charge on any atom is 0.349 e. The Bertz CT molecular complexity index is 365. The predicted molar refractivity (Wildman–Crippen MR) is 56.0 cm³/mol. The summed E-state index contributed by atoms with van der Waals surface area (Å²) in [5.74, 6) is 0.376. The molecule has 0 bridgehead atoms. The molecule has 0 unspecified atom stereocenters. The first-order valence-electron chi connectivity index (χ1n) is 4.97. The molecule has 1 heterocycles. The molecule has 15 heavy (non-hydrogen) atoms. The van der Waals surface area contributed by atoms with Crippen molar-refractivity contribution in [3.05, 3.63) is 24.3 Å². The van der Waals surface area contributed by atoms with Crippen LogP contribution in [0.5, 0.6) is 5.75 Å². The Hall–Kier alpha value is -1.71. The molecule has 1 aliphatic rings. The van der Waals surface area contributed by atoms with E-state index in [1.807, 2.05) is 24.3 Å². The van der Waals surface area contributed by atoms with Gasteiger partial charge < -0.3 is 14.8 Å². The van der Waals surface area contributed by atoms with E-state index >= 15 is 0 Å². The van der Waals surface area contributed by atoms with Crippen LogP contribution < -0.4 is 10.1 Å². The number of carbonyl (C=O) groups excluding carboxylic acids is 1. The van der Waals surface area contributed by atoms with Gasteiger partial charge in [-0.25, -0.2) is 4.79 Å². The van der Waals surface area contributed by atoms with Crippen LogP contribution in [0.15, 0.2) is 24.3 Å². The molecule has 0 amide bonds. The Morgan fingerprint density at radius 2 is 2.40 bits per heavy atom. The highest BCUT2D eigenvalue weighted by Gasteiger charge is 2.26. The number of para-hydroxylation sites is 2. The van der Waals surface area contributed by atoms with Gasteiger partial charge in [0.15, 0.2) is 0 Å². The Labute approximate surface area is 88.2 Å². The number of benzene rings is 1. The summed E-state index contributed by atoms with van der Waals surface area (Å²) in [6.45, 7) is 2.61. The zero-order chi connectivity index (χ0) is 10.7. The predicted octanol–water partition coefficient (Wildman–Crippen LogP) is 1.42. The molecule has 2 rings (SSSR count). The minimum absolute atomic E-state index is 0.320. The second-order valence-corrected chi connectivity index (χ2v) is 3.24. The molecule has 1 aliphatic heterocycles. The van der Waals surface area contributed by atoms with E-state index in [2.05, 4.69) is 5.32 Å². The third-order valence-corrected chi connectivity index (χ3v) is 2.18. The summed E-state index contributed by atoms with van der Waals surface area (Å²) in [4.78, 5) is 11.4. The number of anilines is 1. The first kappa shape index (κ1) is 9.83. The lowest BCUT2D eigenvalue weighted by atomic mass is 10.2. The molecule has 0 aliphatic carbocycles. The van der Waals surface area contributed by atoms with E-state index in [0.29, 0.717) is 18.9 Å². The molecular weight excluding hydrogens is 194 g/mol. The lowest BCUT2D eigenvalue weighted by Gasteiger charge is -2.25. The molecule has 0 saturated heterocycles. The molecule has 1 aromatic carbocycles. The summed E-state index contributed by atoms with van der Waals surface area (Å²) in [7, 11) is 0. The summed E-state index contributed by atoms with van der Waals surface area (Å²) >= 11 is 0. The van der Waals surface area contributed by atoms with Crippen LogP contribution in [0, 0.1) is 0 Å². The lowest BCUT2D eigenvalue weighted by Crippen LogP contribution is -2.38. The summed E-state index contributed by atoms with van der Waals surface area (Å²) in [6.07, 6.45) is -0.542. The minimum Gasteiger partial charge on any atom is -0.475 e. The Morgan fingerprint density at radius 3 is 3.20 bits per heavy atom. The van der Waals surface area contributed by atoms with Gasteiger partial charge in [-0.1, -0.05) is 12.1 Å². The van der Waals surface area contributed by atoms with Crippen LogP contribution in [-0.2, 0) is 9.53 Å². The molecule has 80 valence electrons. The molecule has 1 aromatic rings. The van der Waals surface area contributed by atoms with Crippen LogP contribution in [0.1, 0.15) is 6.92 Å². The zero-order valence-electron chi connectivity index (χ0n) is 8.53. The van der Waals surface area contributed by atoms with Gasteiger partial charge >= 0.3 is 5.97 Å². The monoisotopic (exact) mass is 207 g/mol. The summed E-state index contributed by atoms with van der Waals surface area (Å²) in [5.41, 5.74) is 0.915. The number of carbonyl (C=O) groups is 1. The molecular formula is C11H13NO3. The molecule has 0 spiro atoms. The number of rotatable bonds is 2. The van der Waals surface area contributed by atoms with Crippen molar-refractivity contribution in [2.45, 2.75) is 13.0 Å². The van der Waals surface area contributed by atoms with Crippen molar-refractivity contribution in [2.24, 2.45) is 0 Å². The standard InChI is InChI=1S/C11H13NO3/c1-2-14-11(13)10-7-12-8-5-3-4-6-9(8)15-10/h3-6,10,12H,2,7H2,1H3/t10-/m1/s1. The van der Waals surface area contributed by atoms with Crippen molar-refractivity contribution in [3.8, 4) is 5.75 Å². The second kappa shape index (κ2) is 4.21. The van der Waals surface area contributed by atoms with Crippen LogP contribution >= 0.6 is 0 Å². The quantitative estimate of drug-likeness (QED) is 0.745. The summed E-state index contributed by atoms with van der Waals surface area (Å²) < 4.78 is 10.4. The van der Waals surface area contributed by atoms with E-state index in [1.54, 1.807) is 6.92 Å². The van der Waals surface area contributed by atoms with Crippen LogP contribution in [0.3, 0.4) is 0 Å². The van der Waals surface area contributed by atoms with Gasteiger partial charge in [0.05, 0.1) is 18.8 Å². The third-order valence-electron chi connectivity index (χ3n) is 2.18. The summed E-state index contributed by atoms with van der Waals surface area (Å²) in [5, 5.41) is 3.13. The van der Waals surface area contributed by atoms with Crippen molar-refractivity contribution in [2.75, 3.05) is 18.5 Å². The van der Waals surface area contributed by atoms with Crippen molar-refractivity contribution < 1.29 is 14.3 Å². The summed E-state index contributed by atoms with van der Waals surface area (Å²) in [6, 6.07) is 7.53. The van der Waals surface area contributed by atoms with E-state index in [4.69, 9.17) is 9.47 Å². The smallest absolute Gasteiger partial charge is 0.349 e. The SMILES string of the molecule is CCOC(=O)[C@H]1CNc2ccccc2O1. The zero-order valence-corrected chi connectivity index (χ0v) is 8.53. The van der Waals surface area contributed by atoms with Gasteiger partial charge in [-0.15, -0.1) is 0 Å². The van der Waals surface area contributed by atoms with Gasteiger partial charge in [-0.2, -0.15) is 0 Å². The third kappa shape index (κ3) is 2.03. The van der Waals surface area contributed by atoms with E-state index < -0.39 is 6.10 Å². The minimum atomic E-state index is -0.542. The molecule has 0 saturated carbocycles. The molecule has 0 fully saturated rings. The van der Waals surface area contributed by atoms with E-state index in [0.717, 1.165) is 5.69 Å². The fraction of sp³-hybridized carbons (Fsp3) is 0.364. The first-order valence-corrected chi connectivity index (χ1v) is 4.97. The number of esters is 1. The van der Waals surface area contributed by atoms with Crippen LogP contribution in [0.25, 0.3) is 0 Å². The maximum atomic E-state index is 11.4. The molecule has 0 radical (unpaired) electrons. The number of ether oxygens (including phenoxy) is 2. The highest BCUT2D eigenvalue weighted by molar-refractivity contribution is 5.77. The van der Waals surface area contributed by atoms with Gasteiger partial charge in [0.25, 0.3) is 0 Å². The Morgan fingerprint density at radius 1 is 1.60 bits per heavy atom. The highest BCUT2D eigenvalue weighted by Crippen LogP contribution is 2.28. The number of hydrogen-bond acceptors (Lipinski definition) is 4. The van der Waals surface area contributed by atoms with Gasteiger partial charge in [-0.05, 0) is 19.1 Å². The first-order chi connectivity index (χ1) is 7.31. The average molecular weight is 207 g/mol.